The number of hydrogen-bond donors (Lipinski definition) is 1. The van der Waals surface area contributed by atoms with E-state index < -0.39 is 18.1 Å². The number of carbonyl (C=O) groups is 2. The third kappa shape index (κ3) is 4.26. The Kier molecular flexibility index (Phi) is 6.31. The van der Waals surface area contributed by atoms with Gasteiger partial charge in [0.25, 0.3) is 0 Å². The van der Waals surface area contributed by atoms with Crippen LogP contribution in [0.5, 0.6) is 0 Å². The SMILES string of the molecule is Cn1ccc(CNC(=O)C2CCC(C(=O)[O-])N2c2cnn(C)c2)c1.[Na+]. The minimum Gasteiger partial charge on any atom is -0.548 e. The average Bonchev–Trinajstić information content (AvgIpc) is 3.23. The van der Waals surface area contributed by atoms with Gasteiger partial charge in [-0.15, -0.1) is 0 Å². The number of carbonyl (C=O) groups excluding carboxylic acids is 2. The Hall–Kier alpha value is -1.77. The molecule has 128 valence electrons. The molecule has 3 rings (SSSR count). The molecule has 2 unspecified atom stereocenters. The van der Waals surface area contributed by atoms with Gasteiger partial charge < -0.3 is 24.7 Å². The molecule has 2 atom stereocenters. The quantitative estimate of drug-likeness (QED) is 0.556. The van der Waals surface area contributed by atoms with Crippen LogP contribution in [0, 0.1) is 0 Å². The molecule has 1 N–H and O–H groups in total. The Morgan fingerprint density at radius 1 is 1.28 bits per heavy atom. The van der Waals surface area contributed by atoms with Gasteiger partial charge in [0.2, 0.25) is 5.91 Å². The number of amides is 1. The summed E-state index contributed by atoms with van der Waals surface area (Å²) in [6, 6.07) is 0.570. The van der Waals surface area contributed by atoms with Crippen LogP contribution in [0.3, 0.4) is 0 Å². The van der Waals surface area contributed by atoms with Crippen LogP contribution in [0.25, 0.3) is 0 Å². The van der Waals surface area contributed by atoms with Crippen LogP contribution in [-0.4, -0.2) is 38.3 Å². The smallest absolute Gasteiger partial charge is 0.548 e. The molecule has 1 amide bonds. The summed E-state index contributed by atoms with van der Waals surface area (Å²) in [5.41, 5.74) is 1.61. The number of aliphatic carboxylic acids is 1. The predicted molar refractivity (Wildman–Crippen MR) is 84.8 cm³/mol. The van der Waals surface area contributed by atoms with Gasteiger partial charge in [0.1, 0.15) is 6.04 Å². The number of nitrogens with zero attached hydrogens (tertiary/aromatic N) is 4. The molecular weight excluding hydrogens is 333 g/mol. The third-order valence-corrected chi connectivity index (χ3v) is 4.31. The predicted octanol–water partition coefficient (Wildman–Crippen LogP) is -3.83. The molecule has 1 aliphatic rings. The van der Waals surface area contributed by atoms with Crippen LogP contribution in [-0.2, 0) is 30.2 Å². The van der Waals surface area contributed by atoms with Crippen molar-refractivity contribution in [1.29, 1.82) is 0 Å². The zero-order valence-electron chi connectivity index (χ0n) is 14.7. The van der Waals surface area contributed by atoms with E-state index in [4.69, 9.17) is 0 Å². The van der Waals surface area contributed by atoms with Crippen molar-refractivity contribution in [3.63, 3.8) is 0 Å². The standard InChI is InChI=1S/C16H21N5O3.Na/c1-19-6-5-11(9-19)7-17-15(22)13-3-4-14(16(23)24)21(13)12-8-18-20(2)10-12;/h5-6,8-10,13-14H,3-4,7H2,1-2H3,(H,17,22)(H,23,24);/q;+1/p-1. The van der Waals surface area contributed by atoms with Crippen molar-refractivity contribution in [3.8, 4) is 0 Å². The van der Waals surface area contributed by atoms with Gasteiger partial charge in [-0.05, 0) is 24.5 Å². The van der Waals surface area contributed by atoms with Gasteiger partial charge in [0.05, 0.1) is 23.9 Å². The topological polar surface area (TPSA) is 95.2 Å². The zero-order valence-corrected chi connectivity index (χ0v) is 16.7. The van der Waals surface area contributed by atoms with Gasteiger partial charge in [0, 0.05) is 39.2 Å². The van der Waals surface area contributed by atoms with Crippen LogP contribution < -0.4 is 44.9 Å². The molecular formula is C16H20N5NaO3. The van der Waals surface area contributed by atoms with Crippen LogP contribution in [0.2, 0.25) is 0 Å². The van der Waals surface area contributed by atoms with Gasteiger partial charge in [-0.1, -0.05) is 0 Å². The number of aryl methyl sites for hydroxylation is 2. The largest absolute Gasteiger partial charge is 1.00 e. The maximum Gasteiger partial charge on any atom is 1.00 e. The van der Waals surface area contributed by atoms with Gasteiger partial charge in [-0.2, -0.15) is 5.10 Å². The van der Waals surface area contributed by atoms with Crippen LogP contribution in [0.15, 0.2) is 30.9 Å². The molecule has 1 aliphatic heterocycles. The first-order valence-corrected chi connectivity index (χ1v) is 7.82. The van der Waals surface area contributed by atoms with Crippen LogP contribution in [0.4, 0.5) is 5.69 Å². The summed E-state index contributed by atoms with van der Waals surface area (Å²) in [7, 11) is 3.66. The monoisotopic (exact) mass is 353 g/mol. The van der Waals surface area contributed by atoms with Crippen molar-refractivity contribution in [2.24, 2.45) is 14.1 Å². The first-order valence-electron chi connectivity index (χ1n) is 7.82. The Balaban J connectivity index is 0.00000225. The molecule has 8 nitrogen and oxygen atoms in total. The third-order valence-electron chi connectivity index (χ3n) is 4.31. The van der Waals surface area contributed by atoms with Crippen LogP contribution >= 0.6 is 0 Å². The number of nitrogens with one attached hydrogen (secondary N) is 1. The number of hydrogen-bond acceptors (Lipinski definition) is 5. The Labute approximate surface area is 168 Å². The van der Waals surface area contributed by atoms with E-state index in [2.05, 4.69) is 10.4 Å². The second kappa shape index (κ2) is 8.07. The van der Waals surface area contributed by atoms with Crippen LogP contribution in [0.1, 0.15) is 18.4 Å². The number of anilines is 1. The summed E-state index contributed by atoms with van der Waals surface area (Å²) < 4.78 is 3.49. The van der Waals surface area contributed by atoms with Gasteiger partial charge in [0.15, 0.2) is 0 Å². The van der Waals surface area contributed by atoms with Crippen molar-refractivity contribution in [2.45, 2.75) is 31.5 Å². The molecule has 25 heavy (non-hydrogen) atoms. The van der Waals surface area contributed by atoms with E-state index in [-0.39, 0.29) is 35.5 Å². The normalized spacial score (nSPS) is 19.5. The van der Waals surface area contributed by atoms with Crippen molar-refractivity contribution in [3.05, 3.63) is 36.4 Å². The molecule has 0 bridgehead atoms. The van der Waals surface area contributed by atoms with E-state index in [0.29, 0.717) is 25.1 Å². The zero-order chi connectivity index (χ0) is 17.3. The minimum absolute atomic E-state index is 0. The van der Waals surface area contributed by atoms with Gasteiger partial charge in [-0.25, -0.2) is 0 Å². The van der Waals surface area contributed by atoms with Crippen molar-refractivity contribution in [2.75, 3.05) is 4.90 Å². The number of aromatic nitrogens is 3. The summed E-state index contributed by atoms with van der Waals surface area (Å²) in [6.07, 6.45) is 7.95. The molecule has 0 spiro atoms. The summed E-state index contributed by atoms with van der Waals surface area (Å²) in [4.78, 5) is 25.6. The molecule has 1 fully saturated rings. The van der Waals surface area contributed by atoms with E-state index in [1.807, 2.05) is 30.1 Å². The number of rotatable bonds is 5. The second-order valence-corrected chi connectivity index (χ2v) is 6.11. The Morgan fingerprint density at radius 2 is 2.00 bits per heavy atom. The van der Waals surface area contributed by atoms with Crippen molar-refractivity contribution in [1.82, 2.24) is 19.7 Å². The summed E-state index contributed by atoms with van der Waals surface area (Å²) >= 11 is 0. The fourth-order valence-electron chi connectivity index (χ4n) is 3.17. The van der Waals surface area contributed by atoms with E-state index in [1.54, 1.807) is 29.0 Å². The molecule has 0 radical (unpaired) electrons. The molecule has 3 heterocycles. The van der Waals surface area contributed by atoms with Gasteiger partial charge >= 0.3 is 29.6 Å². The Morgan fingerprint density at radius 3 is 2.56 bits per heavy atom. The van der Waals surface area contributed by atoms with Crippen molar-refractivity contribution < 1.29 is 44.3 Å². The summed E-state index contributed by atoms with van der Waals surface area (Å²) in [5, 5.41) is 18.4. The van der Waals surface area contributed by atoms with E-state index >= 15 is 0 Å². The first kappa shape index (κ1) is 19.6. The van der Waals surface area contributed by atoms with E-state index in [1.165, 1.54) is 0 Å². The average molecular weight is 353 g/mol. The molecule has 0 aromatic carbocycles. The van der Waals surface area contributed by atoms with Crippen molar-refractivity contribution >= 4 is 17.6 Å². The fraction of sp³-hybridized carbons (Fsp3) is 0.438. The van der Waals surface area contributed by atoms with E-state index in [9.17, 15) is 14.7 Å². The molecule has 2 aromatic heterocycles. The second-order valence-electron chi connectivity index (χ2n) is 6.11. The molecule has 0 saturated carbocycles. The molecule has 2 aromatic rings. The first-order chi connectivity index (χ1) is 11.5. The fourth-order valence-corrected chi connectivity index (χ4v) is 3.17. The maximum absolute atomic E-state index is 12.6. The molecule has 1 saturated heterocycles. The molecule has 0 aliphatic carbocycles. The summed E-state index contributed by atoms with van der Waals surface area (Å²) in [6.45, 7) is 0.410. The summed E-state index contributed by atoms with van der Waals surface area (Å²) in [5.74, 6) is -1.36. The Bertz CT molecular complexity index is 757. The van der Waals surface area contributed by atoms with Gasteiger partial charge in [-0.3, -0.25) is 9.48 Å². The number of carboxylic acid groups (broad SMARTS) is 1. The number of carboxylic acids is 1. The maximum atomic E-state index is 12.6. The van der Waals surface area contributed by atoms with E-state index in [0.717, 1.165) is 5.56 Å². The minimum atomic E-state index is -1.17. The molecule has 9 heteroatoms.